The highest BCUT2D eigenvalue weighted by atomic mass is 32.2. The molecular weight excluding hydrogens is 234 g/mol. The molecule has 3 rings (SSSR count). The lowest BCUT2D eigenvalue weighted by molar-refractivity contribution is 0.0589. The maximum absolute atomic E-state index is 11.8. The van der Waals surface area contributed by atoms with Crippen molar-refractivity contribution in [3.8, 4) is 0 Å². The van der Waals surface area contributed by atoms with Crippen molar-refractivity contribution >= 4 is 28.6 Å². The number of carbonyl (C=O) groups excluding carboxylic acids is 1. The maximum Gasteiger partial charge on any atom is 0.354 e. The number of carbonyl (C=O) groups is 1. The topological polar surface area (TPSA) is 31.2 Å². The first-order chi connectivity index (χ1) is 8.20. The molecule has 2 heterocycles. The average Bonchev–Trinajstić information content (AvgIpc) is 2.69. The van der Waals surface area contributed by atoms with Gasteiger partial charge in [0.2, 0.25) is 0 Å². The molecule has 2 aromatic rings. The molecule has 3 nitrogen and oxygen atoms in total. The van der Waals surface area contributed by atoms with Gasteiger partial charge in [0.1, 0.15) is 5.69 Å². The van der Waals surface area contributed by atoms with Gasteiger partial charge in [0.25, 0.3) is 0 Å². The molecule has 0 saturated heterocycles. The largest absolute Gasteiger partial charge is 0.464 e. The van der Waals surface area contributed by atoms with Crippen LogP contribution < -0.4 is 0 Å². The normalized spacial score (nSPS) is 18.4. The SMILES string of the molecule is COC(=O)c1cc2cccc3c2n1C[C@H](C)S3. The van der Waals surface area contributed by atoms with Crippen LogP contribution in [0.5, 0.6) is 0 Å². The fourth-order valence-corrected chi connectivity index (χ4v) is 3.51. The minimum atomic E-state index is -0.258. The van der Waals surface area contributed by atoms with E-state index in [4.69, 9.17) is 4.74 Å². The Morgan fingerprint density at radius 2 is 2.35 bits per heavy atom. The van der Waals surface area contributed by atoms with Crippen LogP contribution in [0.1, 0.15) is 17.4 Å². The minimum absolute atomic E-state index is 0.258. The summed E-state index contributed by atoms with van der Waals surface area (Å²) in [5.74, 6) is -0.258. The summed E-state index contributed by atoms with van der Waals surface area (Å²) in [6.45, 7) is 3.03. The molecule has 1 aliphatic rings. The van der Waals surface area contributed by atoms with Crippen molar-refractivity contribution in [1.29, 1.82) is 0 Å². The highest BCUT2D eigenvalue weighted by Crippen LogP contribution is 2.38. The molecular formula is C13H13NO2S. The fourth-order valence-electron chi connectivity index (χ4n) is 2.36. The summed E-state index contributed by atoms with van der Waals surface area (Å²) in [7, 11) is 1.43. The molecule has 1 aromatic carbocycles. The Morgan fingerprint density at radius 1 is 1.53 bits per heavy atom. The van der Waals surface area contributed by atoms with Gasteiger partial charge in [0.15, 0.2) is 0 Å². The third-order valence-electron chi connectivity index (χ3n) is 3.05. The van der Waals surface area contributed by atoms with Crippen LogP contribution in [-0.4, -0.2) is 22.9 Å². The third kappa shape index (κ3) is 1.55. The van der Waals surface area contributed by atoms with Gasteiger partial charge in [0.05, 0.1) is 12.6 Å². The number of methoxy groups -OCH3 is 1. The Hall–Kier alpha value is -1.42. The lowest BCUT2D eigenvalue weighted by Crippen LogP contribution is -2.18. The van der Waals surface area contributed by atoms with Crippen LogP contribution in [0.3, 0.4) is 0 Å². The van der Waals surface area contributed by atoms with Crippen LogP contribution in [0.2, 0.25) is 0 Å². The molecule has 0 spiro atoms. The lowest BCUT2D eigenvalue weighted by Gasteiger charge is -2.22. The van der Waals surface area contributed by atoms with Crippen LogP contribution in [-0.2, 0) is 11.3 Å². The van der Waals surface area contributed by atoms with Crippen molar-refractivity contribution in [1.82, 2.24) is 4.57 Å². The molecule has 0 fully saturated rings. The molecule has 0 saturated carbocycles. The van der Waals surface area contributed by atoms with Crippen molar-refractivity contribution in [2.24, 2.45) is 0 Å². The maximum atomic E-state index is 11.8. The van der Waals surface area contributed by atoms with Crippen molar-refractivity contribution in [3.05, 3.63) is 30.0 Å². The van der Waals surface area contributed by atoms with E-state index in [1.54, 1.807) is 0 Å². The number of ether oxygens (including phenoxy) is 1. The summed E-state index contributed by atoms with van der Waals surface area (Å²) < 4.78 is 6.92. The van der Waals surface area contributed by atoms with Crippen LogP contribution in [0.15, 0.2) is 29.2 Å². The molecule has 1 aromatic heterocycles. The molecule has 0 aliphatic carbocycles. The minimum Gasteiger partial charge on any atom is -0.464 e. The third-order valence-corrected chi connectivity index (χ3v) is 4.18. The van der Waals surface area contributed by atoms with Crippen LogP contribution in [0, 0.1) is 0 Å². The van der Waals surface area contributed by atoms with Crippen molar-refractivity contribution in [2.45, 2.75) is 23.6 Å². The molecule has 1 atom stereocenters. The molecule has 1 aliphatic heterocycles. The van der Waals surface area contributed by atoms with Crippen LogP contribution in [0.4, 0.5) is 0 Å². The number of esters is 1. The molecule has 17 heavy (non-hydrogen) atoms. The van der Waals surface area contributed by atoms with E-state index in [9.17, 15) is 4.79 Å². The zero-order chi connectivity index (χ0) is 12.0. The van der Waals surface area contributed by atoms with E-state index in [2.05, 4.69) is 17.6 Å². The van der Waals surface area contributed by atoms with Crippen LogP contribution in [0.25, 0.3) is 10.9 Å². The predicted octanol–water partition coefficient (Wildman–Crippen LogP) is 2.92. The number of thioether (sulfide) groups is 1. The standard InChI is InChI=1S/C13H13NO2S/c1-8-7-14-10(13(15)16-2)6-9-4-3-5-11(17-8)12(9)14/h3-6,8H,7H2,1-2H3/t8-/m0/s1. The zero-order valence-electron chi connectivity index (χ0n) is 9.77. The Kier molecular flexibility index (Phi) is 2.40. The number of nitrogens with zero attached hydrogens (tertiary/aromatic N) is 1. The monoisotopic (exact) mass is 247 g/mol. The van der Waals surface area contributed by atoms with Gasteiger partial charge in [0, 0.05) is 22.1 Å². The fraction of sp³-hybridized carbons (Fsp3) is 0.308. The number of aromatic nitrogens is 1. The summed E-state index contributed by atoms with van der Waals surface area (Å²) >= 11 is 1.86. The second-order valence-corrected chi connectivity index (χ2v) is 5.73. The number of hydrogen-bond acceptors (Lipinski definition) is 3. The lowest BCUT2D eigenvalue weighted by atomic mass is 10.2. The zero-order valence-corrected chi connectivity index (χ0v) is 10.6. The van der Waals surface area contributed by atoms with Gasteiger partial charge in [-0.05, 0) is 12.1 Å². The summed E-state index contributed by atoms with van der Waals surface area (Å²) in [6, 6.07) is 8.11. The summed E-state index contributed by atoms with van der Waals surface area (Å²) in [4.78, 5) is 13.0. The van der Waals surface area contributed by atoms with Gasteiger partial charge in [-0.25, -0.2) is 4.79 Å². The van der Waals surface area contributed by atoms with Gasteiger partial charge < -0.3 is 9.30 Å². The smallest absolute Gasteiger partial charge is 0.354 e. The van der Waals surface area contributed by atoms with Crippen molar-refractivity contribution in [2.75, 3.05) is 7.11 Å². The molecule has 4 heteroatoms. The number of rotatable bonds is 1. The average molecular weight is 247 g/mol. The first-order valence-electron chi connectivity index (χ1n) is 5.58. The Morgan fingerprint density at radius 3 is 3.12 bits per heavy atom. The molecule has 0 radical (unpaired) electrons. The van der Waals surface area contributed by atoms with Crippen LogP contribution >= 0.6 is 11.8 Å². The predicted molar refractivity (Wildman–Crippen MR) is 68.6 cm³/mol. The van der Waals surface area contributed by atoms with Gasteiger partial charge >= 0.3 is 5.97 Å². The molecule has 0 unspecified atom stereocenters. The van der Waals surface area contributed by atoms with Crippen molar-refractivity contribution < 1.29 is 9.53 Å². The summed E-state index contributed by atoms with van der Waals surface area (Å²) in [5, 5.41) is 1.59. The number of para-hydroxylation sites is 1. The van der Waals surface area contributed by atoms with E-state index >= 15 is 0 Å². The van der Waals surface area contributed by atoms with Gasteiger partial charge in [-0.1, -0.05) is 19.1 Å². The summed E-state index contributed by atoms with van der Waals surface area (Å²) in [5.41, 5.74) is 1.82. The first-order valence-corrected chi connectivity index (χ1v) is 6.46. The van der Waals surface area contributed by atoms with Gasteiger partial charge in [-0.15, -0.1) is 11.8 Å². The molecule has 0 bridgehead atoms. The highest BCUT2D eigenvalue weighted by Gasteiger charge is 2.24. The quantitative estimate of drug-likeness (QED) is 0.726. The Labute approximate surface area is 104 Å². The second kappa shape index (κ2) is 3.81. The highest BCUT2D eigenvalue weighted by molar-refractivity contribution is 8.00. The number of hydrogen-bond donors (Lipinski definition) is 0. The number of benzene rings is 1. The van der Waals surface area contributed by atoms with Gasteiger partial charge in [-0.3, -0.25) is 0 Å². The van der Waals surface area contributed by atoms with Gasteiger partial charge in [-0.2, -0.15) is 0 Å². The van der Waals surface area contributed by atoms with E-state index < -0.39 is 0 Å². The van der Waals surface area contributed by atoms with E-state index in [1.165, 1.54) is 12.0 Å². The molecule has 0 amide bonds. The Bertz CT molecular complexity index is 603. The first kappa shape index (κ1) is 10.7. The van der Waals surface area contributed by atoms with E-state index in [-0.39, 0.29) is 5.97 Å². The van der Waals surface area contributed by atoms with E-state index in [0.717, 1.165) is 17.4 Å². The molecule has 88 valence electrons. The second-order valence-electron chi connectivity index (χ2n) is 4.25. The molecule has 0 N–H and O–H groups in total. The van der Waals surface area contributed by atoms with E-state index in [0.29, 0.717) is 10.9 Å². The van der Waals surface area contributed by atoms with Crippen molar-refractivity contribution in [3.63, 3.8) is 0 Å². The van der Waals surface area contributed by atoms with E-state index in [1.807, 2.05) is 30.0 Å². The Balaban J connectivity index is 2.31. The summed E-state index contributed by atoms with van der Waals surface area (Å²) in [6.07, 6.45) is 0.